The molecule has 1 aliphatic rings. The Morgan fingerprint density at radius 3 is 2.57 bits per heavy atom. The molecule has 1 aliphatic heterocycles. The number of likely N-dealkylation sites (N-methyl/N-ethyl adjacent to an activating group) is 1. The van der Waals surface area contributed by atoms with Gasteiger partial charge in [0.15, 0.2) is 11.5 Å². The van der Waals surface area contributed by atoms with Crippen molar-refractivity contribution in [2.45, 2.75) is 19.8 Å². The molecule has 1 atom stereocenters. The van der Waals surface area contributed by atoms with E-state index in [1.165, 1.54) is 4.90 Å². The minimum Gasteiger partial charge on any atom is -0.486 e. The highest BCUT2D eigenvalue weighted by atomic mass is 79.9. The average Bonchev–Trinajstić information content (AvgIpc) is 2.68. The molecule has 2 aromatic carbocycles. The van der Waals surface area contributed by atoms with Crippen LogP contribution in [-0.2, 0) is 9.59 Å². The number of rotatable bonds is 5. The summed E-state index contributed by atoms with van der Waals surface area (Å²) in [6, 6.07) is 11.1. The summed E-state index contributed by atoms with van der Waals surface area (Å²) in [5.74, 6) is 0.555. The summed E-state index contributed by atoms with van der Waals surface area (Å²) >= 11 is 3.40. The van der Waals surface area contributed by atoms with Gasteiger partial charge in [0, 0.05) is 17.2 Å². The number of amides is 2. The molecule has 2 amide bonds. The molecule has 148 valence electrons. The summed E-state index contributed by atoms with van der Waals surface area (Å²) in [5.41, 5.74) is 2.50. The highest BCUT2D eigenvalue weighted by Crippen LogP contribution is 2.33. The van der Waals surface area contributed by atoms with Crippen molar-refractivity contribution in [2.24, 2.45) is 0 Å². The summed E-state index contributed by atoms with van der Waals surface area (Å²) in [6.07, 6.45) is 0. The summed E-state index contributed by atoms with van der Waals surface area (Å²) in [4.78, 5) is 26.6. The van der Waals surface area contributed by atoms with Crippen LogP contribution < -0.4 is 14.8 Å². The zero-order valence-electron chi connectivity index (χ0n) is 16.1. The molecule has 0 bridgehead atoms. The Morgan fingerprint density at radius 1 is 1.14 bits per heavy atom. The smallest absolute Gasteiger partial charge is 0.243 e. The minimum absolute atomic E-state index is 0.0246. The molecule has 1 N–H and O–H groups in total. The number of nitrogens with zero attached hydrogens (tertiary/aromatic N) is 1. The Balaban J connectivity index is 1.62. The number of halogens is 1. The molecule has 28 heavy (non-hydrogen) atoms. The van der Waals surface area contributed by atoms with Crippen molar-refractivity contribution in [3.05, 3.63) is 52.0 Å². The van der Waals surface area contributed by atoms with Gasteiger partial charge in [-0.3, -0.25) is 9.59 Å². The lowest BCUT2D eigenvalue weighted by Crippen LogP contribution is -2.37. The van der Waals surface area contributed by atoms with E-state index in [2.05, 4.69) is 21.2 Å². The van der Waals surface area contributed by atoms with Crippen LogP contribution in [0.1, 0.15) is 24.0 Å². The number of hydrogen-bond acceptors (Lipinski definition) is 4. The van der Waals surface area contributed by atoms with Crippen molar-refractivity contribution in [3.8, 4) is 11.5 Å². The summed E-state index contributed by atoms with van der Waals surface area (Å²) < 4.78 is 12.1. The minimum atomic E-state index is -0.400. The Kier molecular flexibility index (Phi) is 6.24. The molecular weight excluding hydrogens is 424 g/mol. The van der Waals surface area contributed by atoms with Gasteiger partial charge in [0.1, 0.15) is 13.2 Å². The van der Waals surface area contributed by atoms with Gasteiger partial charge in [-0.05, 0) is 55.3 Å². The molecular formula is C21H23BrN2O4. The highest BCUT2D eigenvalue weighted by Gasteiger charge is 2.23. The largest absolute Gasteiger partial charge is 0.486 e. The molecule has 0 fully saturated rings. The van der Waals surface area contributed by atoms with E-state index in [1.807, 2.05) is 50.2 Å². The van der Waals surface area contributed by atoms with E-state index in [9.17, 15) is 9.59 Å². The van der Waals surface area contributed by atoms with Crippen LogP contribution in [0.2, 0.25) is 0 Å². The van der Waals surface area contributed by atoms with Crippen LogP contribution in [0.25, 0.3) is 0 Å². The van der Waals surface area contributed by atoms with Crippen molar-refractivity contribution in [2.75, 3.05) is 32.1 Å². The fraction of sp³-hybridized carbons (Fsp3) is 0.333. The van der Waals surface area contributed by atoms with Crippen LogP contribution in [0.4, 0.5) is 5.69 Å². The van der Waals surface area contributed by atoms with Gasteiger partial charge in [-0.25, -0.2) is 0 Å². The molecule has 0 spiro atoms. The Hall–Kier alpha value is -2.54. The van der Waals surface area contributed by atoms with Crippen molar-refractivity contribution in [3.63, 3.8) is 0 Å². The van der Waals surface area contributed by atoms with Gasteiger partial charge in [-0.15, -0.1) is 0 Å². The van der Waals surface area contributed by atoms with Crippen LogP contribution in [-0.4, -0.2) is 43.5 Å². The first-order chi connectivity index (χ1) is 13.3. The number of nitrogens with one attached hydrogen (secondary N) is 1. The highest BCUT2D eigenvalue weighted by molar-refractivity contribution is 9.10. The first kappa shape index (κ1) is 20.2. The van der Waals surface area contributed by atoms with Gasteiger partial charge >= 0.3 is 0 Å². The number of carbonyl (C=O) groups excluding carboxylic acids is 2. The summed E-state index contributed by atoms with van der Waals surface area (Å²) in [5, 5.41) is 2.85. The van der Waals surface area contributed by atoms with Gasteiger partial charge in [-0.2, -0.15) is 0 Å². The zero-order valence-corrected chi connectivity index (χ0v) is 17.7. The van der Waals surface area contributed by atoms with E-state index < -0.39 is 5.92 Å². The van der Waals surface area contributed by atoms with E-state index in [0.29, 0.717) is 24.7 Å². The second kappa shape index (κ2) is 8.65. The number of fused-ring (bicyclic) bond motifs is 1. The van der Waals surface area contributed by atoms with Gasteiger partial charge < -0.3 is 19.7 Å². The third-order valence-electron chi connectivity index (χ3n) is 4.66. The SMILES string of the molecule is Cc1cc(Br)ccc1NC(=O)CN(C)C(=O)C(C)c1ccc2c(c1)OCCO2. The van der Waals surface area contributed by atoms with Gasteiger partial charge in [-0.1, -0.05) is 22.0 Å². The van der Waals surface area contributed by atoms with E-state index in [4.69, 9.17) is 9.47 Å². The second-order valence-electron chi connectivity index (χ2n) is 6.83. The molecule has 1 unspecified atom stereocenters. The molecule has 3 rings (SSSR count). The predicted molar refractivity (Wildman–Crippen MR) is 111 cm³/mol. The van der Waals surface area contributed by atoms with Crippen molar-refractivity contribution >= 4 is 33.4 Å². The zero-order chi connectivity index (χ0) is 20.3. The maximum Gasteiger partial charge on any atom is 0.243 e. The van der Waals surface area contributed by atoms with Crippen molar-refractivity contribution < 1.29 is 19.1 Å². The van der Waals surface area contributed by atoms with E-state index >= 15 is 0 Å². The normalized spacial score (nSPS) is 13.6. The number of carbonyl (C=O) groups is 2. The molecule has 2 aromatic rings. The number of hydrogen-bond donors (Lipinski definition) is 1. The molecule has 6 nitrogen and oxygen atoms in total. The van der Waals surface area contributed by atoms with Crippen LogP contribution >= 0.6 is 15.9 Å². The van der Waals surface area contributed by atoms with Crippen LogP contribution in [0, 0.1) is 6.92 Å². The third-order valence-corrected chi connectivity index (χ3v) is 5.15. The van der Waals surface area contributed by atoms with E-state index in [-0.39, 0.29) is 18.4 Å². The third kappa shape index (κ3) is 4.65. The lowest BCUT2D eigenvalue weighted by Gasteiger charge is -2.23. The standard InChI is InChI=1S/C21H23BrN2O4/c1-13-10-16(22)5-6-17(13)23-20(25)12-24(3)21(26)14(2)15-4-7-18-19(11-15)28-9-8-27-18/h4-7,10-11,14H,8-9,12H2,1-3H3,(H,23,25). The molecule has 0 aliphatic carbocycles. The van der Waals surface area contributed by atoms with Crippen molar-refractivity contribution in [1.29, 1.82) is 0 Å². The van der Waals surface area contributed by atoms with E-state index in [1.54, 1.807) is 7.05 Å². The fourth-order valence-corrected chi connectivity index (χ4v) is 3.53. The molecule has 7 heteroatoms. The second-order valence-corrected chi connectivity index (χ2v) is 7.74. The topological polar surface area (TPSA) is 67.9 Å². The lowest BCUT2D eigenvalue weighted by molar-refractivity contribution is -0.134. The van der Waals surface area contributed by atoms with Crippen LogP contribution in [0.3, 0.4) is 0 Å². The van der Waals surface area contributed by atoms with E-state index in [0.717, 1.165) is 21.3 Å². The maximum absolute atomic E-state index is 12.8. The fourth-order valence-electron chi connectivity index (χ4n) is 3.05. The van der Waals surface area contributed by atoms with Crippen LogP contribution in [0.5, 0.6) is 11.5 Å². The first-order valence-electron chi connectivity index (χ1n) is 9.05. The summed E-state index contributed by atoms with van der Waals surface area (Å²) in [7, 11) is 1.63. The van der Waals surface area contributed by atoms with Crippen LogP contribution in [0.15, 0.2) is 40.9 Å². The Labute approximate surface area is 172 Å². The molecule has 0 saturated carbocycles. The monoisotopic (exact) mass is 446 g/mol. The average molecular weight is 447 g/mol. The maximum atomic E-state index is 12.8. The molecule has 0 aromatic heterocycles. The number of anilines is 1. The number of ether oxygens (including phenoxy) is 2. The number of aryl methyl sites for hydroxylation is 1. The molecule has 1 heterocycles. The van der Waals surface area contributed by atoms with Gasteiger partial charge in [0.2, 0.25) is 11.8 Å². The van der Waals surface area contributed by atoms with Gasteiger partial charge in [0.05, 0.1) is 12.5 Å². The Bertz CT molecular complexity index is 900. The quantitative estimate of drug-likeness (QED) is 0.759. The predicted octanol–water partition coefficient (Wildman–Crippen LogP) is 3.73. The van der Waals surface area contributed by atoms with Gasteiger partial charge in [0.25, 0.3) is 0 Å². The number of benzene rings is 2. The Morgan fingerprint density at radius 2 is 1.86 bits per heavy atom. The molecule has 0 radical (unpaired) electrons. The van der Waals surface area contributed by atoms with Crippen molar-refractivity contribution in [1.82, 2.24) is 4.90 Å². The molecule has 0 saturated heterocycles. The lowest BCUT2D eigenvalue weighted by atomic mass is 9.99. The summed E-state index contributed by atoms with van der Waals surface area (Å²) in [6.45, 7) is 4.73. The first-order valence-corrected chi connectivity index (χ1v) is 9.85.